The highest BCUT2D eigenvalue weighted by atomic mass is 19.1. The first kappa shape index (κ1) is 25.7. The first-order valence-electron chi connectivity index (χ1n) is 13.8. The molecule has 0 aromatic heterocycles. The predicted octanol–water partition coefficient (Wildman–Crippen LogP) is 6.46. The van der Waals surface area contributed by atoms with Crippen molar-refractivity contribution in [2.45, 2.75) is 65.0 Å². The standard InChI is InChI=1S/C31H38FNO4/c1-4-36-31(35)33-24-10-13-26-22(16-24)17-28-29(19(3)37-30(28)34)27(26)12-9-20-8-11-25(18(2)14-20)21-6-5-7-23(32)15-21/h5-9,11-12,15,18-19,22,24,26-29H,4,10,13-14,16-17H2,1-3H3,(H,33,35)/b12-9+/t18?,19-,22-,24-,26-,27+,28-,29+/m0/s1. The highest BCUT2D eigenvalue weighted by Crippen LogP contribution is 2.53. The van der Waals surface area contributed by atoms with Crippen molar-refractivity contribution in [3.8, 4) is 0 Å². The van der Waals surface area contributed by atoms with Crippen molar-refractivity contribution in [2.24, 2.45) is 35.5 Å². The van der Waals surface area contributed by atoms with Gasteiger partial charge in [0, 0.05) is 12.0 Å². The summed E-state index contributed by atoms with van der Waals surface area (Å²) in [6.45, 7) is 6.39. The summed E-state index contributed by atoms with van der Waals surface area (Å²) in [5.74, 6) is 1.23. The number of hydrogen-bond donors (Lipinski definition) is 1. The fourth-order valence-corrected chi connectivity index (χ4v) is 7.39. The molecule has 2 saturated carbocycles. The molecule has 4 aliphatic rings. The summed E-state index contributed by atoms with van der Waals surface area (Å²) >= 11 is 0. The molecule has 198 valence electrons. The van der Waals surface area contributed by atoms with Crippen molar-refractivity contribution >= 4 is 17.6 Å². The number of esters is 1. The molecule has 8 atom stereocenters. The van der Waals surface area contributed by atoms with Gasteiger partial charge in [-0.05, 0) is 98.5 Å². The third kappa shape index (κ3) is 5.39. The zero-order valence-corrected chi connectivity index (χ0v) is 22.0. The minimum absolute atomic E-state index is 0.0667. The number of halogens is 1. The molecule has 0 radical (unpaired) electrons. The molecule has 3 fully saturated rings. The quantitative estimate of drug-likeness (QED) is 0.465. The normalized spacial score (nSPS) is 35.2. The van der Waals surface area contributed by atoms with E-state index in [1.165, 1.54) is 11.6 Å². The molecule has 0 bridgehead atoms. The number of ether oxygens (including phenoxy) is 2. The van der Waals surface area contributed by atoms with E-state index in [4.69, 9.17) is 9.47 Å². The average molecular weight is 508 g/mol. The second-order valence-corrected chi connectivity index (χ2v) is 11.3. The molecule has 1 heterocycles. The highest BCUT2D eigenvalue weighted by molar-refractivity contribution is 5.75. The molecule has 37 heavy (non-hydrogen) atoms. The van der Waals surface area contributed by atoms with Crippen molar-refractivity contribution in [3.05, 3.63) is 65.5 Å². The molecule has 0 spiro atoms. The molecule has 1 aromatic rings. The van der Waals surface area contributed by atoms with E-state index in [-0.39, 0.29) is 53.7 Å². The zero-order chi connectivity index (χ0) is 26.1. The number of amides is 1. The van der Waals surface area contributed by atoms with Gasteiger partial charge in [-0.1, -0.05) is 43.4 Å². The van der Waals surface area contributed by atoms with Crippen LogP contribution in [0.1, 0.15) is 58.4 Å². The van der Waals surface area contributed by atoms with E-state index < -0.39 is 0 Å². The molecule has 5 nitrogen and oxygen atoms in total. The third-order valence-electron chi connectivity index (χ3n) is 8.99. The van der Waals surface area contributed by atoms with E-state index in [9.17, 15) is 14.0 Å². The smallest absolute Gasteiger partial charge is 0.407 e. The van der Waals surface area contributed by atoms with Crippen molar-refractivity contribution in [1.29, 1.82) is 0 Å². The maximum atomic E-state index is 13.8. The van der Waals surface area contributed by atoms with Gasteiger partial charge in [-0.15, -0.1) is 0 Å². The number of carbonyl (C=O) groups excluding carboxylic acids is 2. The number of allylic oxidation sites excluding steroid dienone is 6. The number of fused-ring (bicyclic) bond motifs is 2. The zero-order valence-electron chi connectivity index (χ0n) is 22.0. The Kier molecular flexibility index (Phi) is 7.55. The molecule has 6 heteroatoms. The van der Waals surface area contributed by atoms with Gasteiger partial charge in [0.1, 0.15) is 11.9 Å². The topological polar surface area (TPSA) is 64.6 Å². The summed E-state index contributed by atoms with van der Waals surface area (Å²) < 4.78 is 24.6. The van der Waals surface area contributed by atoms with Gasteiger partial charge in [0.05, 0.1) is 12.5 Å². The van der Waals surface area contributed by atoms with Crippen LogP contribution in [-0.2, 0) is 14.3 Å². The van der Waals surface area contributed by atoms with Crippen molar-refractivity contribution in [1.82, 2.24) is 5.32 Å². The number of hydrogen-bond acceptors (Lipinski definition) is 4. The Bertz CT molecular complexity index is 1120. The van der Waals surface area contributed by atoms with E-state index in [2.05, 4.69) is 36.5 Å². The molecule has 3 aliphatic carbocycles. The summed E-state index contributed by atoms with van der Waals surface area (Å²) in [7, 11) is 0. The molecule has 1 aliphatic heterocycles. The van der Waals surface area contributed by atoms with Crippen LogP contribution in [0.2, 0.25) is 0 Å². The van der Waals surface area contributed by atoms with Gasteiger partial charge in [-0.25, -0.2) is 9.18 Å². The molecule has 1 saturated heterocycles. The van der Waals surface area contributed by atoms with Crippen LogP contribution < -0.4 is 5.32 Å². The van der Waals surface area contributed by atoms with Crippen LogP contribution in [0.15, 0.2) is 54.1 Å². The van der Waals surface area contributed by atoms with Crippen molar-refractivity contribution in [3.63, 3.8) is 0 Å². The Hall–Kier alpha value is -2.89. The molecule has 5 rings (SSSR count). The number of carbonyl (C=O) groups is 2. The van der Waals surface area contributed by atoms with E-state index in [1.54, 1.807) is 12.1 Å². The Balaban J connectivity index is 1.35. The van der Waals surface area contributed by atoms with Crippen LogP contribution in [0.4, 0.5) is 9.18 Å². The van der Waals surface area contributed by atoms with Crippen LogP contribution >= 0.6 is 0 Å². The van der Waals surface area contributed by atoms with Crippen LogP contribution in [0.3, 0.4) is 0 Å². The van der Waals surface area contributed by atoms with Crippen LogP contribution in [0, 0.1) is 41.3 Å². The SMILES string of the molecule is CCOC(=O)N[C@H]1CC[C@H]2[C@@H](C1)C[C@@H]1C(=O)O[C@@H](C)[C@@H]1[C@@H]2/C=C/C1=CC=C(c2cccc(F)c2)C(C)C1. The lowest BCUT2D eigenvalue weighted by Crippen LogP contribution is -2.48. The maximum Gasteiger partial charge on any atom is 0.407 e. The third-order valence-corrected chi connectivity index (χ3v) is 8.99. The summed E-state index contributed by atoms with van der Waals surface area (Å²) in [5.41, 5.74) is 3.35. The van der Waals surface area contributed by atoms with Crippen molar-refractivity contribution in [2.75, 3.05) is 6.61 Å². The molecule has 1 N–H and O–H groups in total. The molecular weight excluding hydrogens is 469 g/mol. The average Bonchev–Trinajstić information content (AvgIpc) is 3.14. The first-order valence-corrected chi connectivity index (χ1v) is 13.8. The lowest BCUT2D eigenvalue weighted by Gasteiger charge is -2.47. The molecular formula is C31H38FNO4. The Morgan fingerprint density at radius 2 is 2.05 bits per heavy atom. The largest absolute Gasteiger partial charge is 0.462 e. The van der Waals surface area contributed by atoms with E-state index in [0.29, 0.717) is 18.4 Å². The van der Waals surface area contributed by atoms with Gasteiger partial charge in [-0.3, -0.25) is 4.79 Å². The van der Waals surface area contributed by atoms with E-state index >= 15 is 0 Å². The number of nitrogens with one attached hydrogen (secondary N) is 1. The van der Waals surface area contributed by atoms with Gasteiger partial charge < -0.3 is 14.8 Å². The van der Waals surface area contributed by atoms with E-state index in [0.717, 1.165) is 43.2 Å². The highest BCUT2D eigenvalue weighted by Gasteiger charge is 2.54. The molecule has 1 amide bonds. The molecule has 1 unspecified atom stereocenters. The Morgan fingerprint density at radius 1 is 1.22 bits per heavy atom. The summed E-state index contributed by atoms with van der Waals surface area (Å²) in [6, 6.07) is 6.89. The fraction of sp³-hybridized carbons (Fsp3) is 0.548. The minimum Gasteiger partial charge on any atom is -0.462 e. The first-order chi connectivity index (χ1) is 17.8. The fourth-order valence-electron chi connectivity index (χ4n) is 7.39. The number of benzene rings is 1. The number of rotatable bonds is 5. The van der Waals surface area contributed by atoms with Crippen LogP contribution in [0.25, 0.3) is 5.57 Å². The van der Waals surface area contributed by atoms with E-state index in [1.807, 2.05) is 19.9 Å². The number of alkyl carbamates (subject to hydrolysis) is 1. The number of cyclic esters (lactones) is 1. The minimum atomic E-state index is -0.353. The Morgan fingerprint density at radius 3 is 2.81 bits per heavy atom. The lowest BCUT2D eigenvalue weighted by atomic mass is 9.57. The van der Waals surface area contributed by atoms with Gasteiger partial charge in [-0.2, -0.15) is 0 Å². The van der Waals surface area contributed by atoms with Gasteiger partial charge in [0.25, 0.3) is 0 Å². The Labute approximate surface area is 219 Å². The second kappa shape index (κ2) is 10.8. The van der Waals surface area contributed by atoms with Gasteiger partial charge >= 0.3 is 12.1 Å². The molecule has 1 aromatic carbocycles. The summed E-state index contributed by atoms with van der Waals surface area (Å²) in [5, 5.41) is 3.02. The predicted molar refractivity (Wildman–Crippen MR) is 141 cm³/mol. The van der Waals surface area contributed by atoms with Gasteiger partial charge in [0.2, 0.25) is 0 Å². The lowest BCUT2D eigenvalue weighted by molar-refractivity contribution is -0.144. The summed E-state index contributed by atoms with van der Waals surface area (Å²) in [4.78, 5) is 24.7. The van der Waals surface area contributed by atoms with Crippen molar-refractivity contribution < 1.29 is 23.5 Å². The van der Waals surface area contributed by atoms with Crippen LogP contribution in [-0.4, -0.2) is 30.8 Å². The second-order valence-electron chi connectivity index (χ2n) is 11.3. The maximum absolute atomic E-state index is 13.8. The monoisotopic (exact) mass is 507 g/mol. The van der Waals surface area contributed by atoms with Gasteiger partial charge in [0.15, 0.2) is 0 Å². The summed E-state index contributed by atoms with van der Waals surface area (Å²) in [6.07, 6.45) is 13.0. The van der Waals surface area contributed by atoms with Crippen LogP contribution in [0.5, 0.6) is 0 Å².